The first-order valence-electron chi connectivity index (χ1n) is 9.11. The Kier molecular flexibility index (Phi) is 5.57. The zero-order chi connectivity index (χ0) is 21.3. The van der Waals surface area contributed by atoms with Crippen LogP contribution in [-0.2, 0) is 9.59 Å². The number of nitrogens with zero attached hydrogens (tertiary/aromatic N) is 1. The van der Waals surface area contributed by atoms with Crippen molar-refractivity contribution in [3.05, 3.63) is 81.4 Å². The van der Waals surface area contributed by atoms with Crippen molar-refractivity contribution in [3.8, 4) is 5.75 Å². The molecule has 0 radical (unpaired) electrons. The van der Waals surface area contributed by atoms with Crippen molar-refractivity contribution >= 4 is 51.7 Å². The lowest BCUT2D eigenvalue weighted by Crippen LogP contribution is -2.32. The van der Waals surface area contributed by atoms with Crippen molar-refractivity contribution in [1.29, 1.82) is 0 Å². The number of hydrogen-bond donors (Lipinski definition) is 1. The van der Waals surface area contributed by atoms with Gasteiger partial charge in [-0.15, -0.1) is 11.3 Å². The topological polar surface area (TPSA) is 58.6 Å². The fourth-order valence-corrected chi connectivity index (χ4v) is 4.07. The quantitative estimate of drug-likeness (QED) is 0.524. The maximum atomic E-state index is 13.6. The number of carbonyl (C=O) groups excluding carboxylic acids is 2. The molecule has 8 heteroatoms. The Labute approximate surface area is 181 Å². The van der Waals surface area contributed by atoms with E-state index in [2.05, 4.69) is 5.32 Å². The summed E-state index contributed by atoms with van der Waals surface area (Å²) in [5.41, 5.74) is 1.18. The molecule has 1 aliphatic rings. The van der Waals surface area contributed by atoms with Gasteiger partial charge >= 0.3 is 0 Å². The minimum Gasteiger partial charge on any atom is -0.494 e. The number of benzene rings is 2. The van der Waals surface area contributed by atoms with Gasteiger partial charge in [0.2, 0.25) is 0 Å². The van der Waals surface area contributed by atoms with E-state index in [1.54, 1.807) is 36.4 Å². The van der Waals surface area contributed by atoms with Crippen LogP contribution < -0.4 is 15.0 Å². The number of thiophene rings is 1. The van der Waals surface area contributed by atoms with E-state index in [0.29, 0.717) is 22.9 Å². The lowest BCUT2D eigenvalue weighted by molar-refractivity contribution is -0.120. The molecule has 1 aromatic heterocycles. The Morgan fingerprint density at radius 1 is 1.10 bits per heavy atom. The third-order valence-electron chi connectivity index (χ3n) is 4.43. The number of ether oxygens (including phenoxy) is 1. The summed E-state index contributed by atoms with van der Waals surface area (Å²) in [5, 5.41) is 4.73. The van der Waals surface area contributed by atoms with Gasteiger partial charge in [-0.05, 0) is 48.7 Å². The van der Waals surface area contributed by atoms with Gasteiger partial charge in [0, 0.05) is 16.6 Å². The van der Waals surface area contributed by atoms with E-state index in [9.17, 15) is 14.0 Å². The van der Waals surface area contributed by atoms with E-state index in [-0.39, 0.29) is 22.0 Å². The molecular weight excluding hydrogens is 427 g/mol. The standard InChI is InChI=1S/C22H16ClFN2O3S/c1-2-29-15-6-3-5-13(11-15)25-20-19(18-7-4-10-30-18)21(27)26(22(20)28)14-8-9-17(24)16(23)12-14/h3-12,25H,2H2,1H3. The second-order valence-electron chi connectivity index (χ2n) is 6.36. The van der Waals surface area contributed by atoms with E-state index in [0.717, 1.165) is 11.0 Å². The molecule has 0 saturated carbocycles. The third-order valence-corrected chi connectivity index (χ3v) is 5.60. The summed E-state index contributed by atoms with van der Waals surface area (Å²) >= 11 is 7.22. The predicted octanol–water partition coefficient (Wildman–Crippen LogP) is 5.34. The number of rotatable bonds is 6. The molecule has 4 rings (SSSR count). The van der Waals surface area contributed by atoms with Gasteiger partial charge in [0.25, 0.3) is 11.8 Å². The molecule has 0 aliphatic carbocycles. The molecule has 2 aromatic carbocycles. The van der Waals surface area contributed by atoms with Crippen molar-refractivity contribution in [2.45, 2.75) is 6.92 Å². The van der Waals surface area contributed by atoms with E-state index >= 15 is 0 Å². The van der Waals surface area contributed by atoms with E-state index in [1.165, 1.54) is 23.5 Å². The number of carbonyl (C=O) groups is 2. The number of imide groups is 1. The fourth-order valence-electron chi connectivity index (χ4n) is 3.13. The monoisotopic (exact) mass is 442 g/mol. The second-order valence-corrected chi connectivity index (χ2v) is 7.71. The van der Waals surface area contributed by atoms with Gasteiger partial charge in [-0.1, -0.05) is 23.7 Å². The van der Waals surface area contributed by atoms with Crippen LogP contribution in [0.5, 0.6) is 5.75 Å². The third kappa shape index (κ3) is 3.69. The zero-order valence-corrected chi connectivity index (χ0v) is 17.4. The fraction of sp³-hybridized carbons (Fsp3) is 0.0909. The first kappa shape index (κ1) is 20.1. The molecule has 1 aliphatic heterocycles. The lowest BCUT2D eigenvalue weighted by atomic mass is 10.2. The molecule has 5 nitrogen and oxygen atoms in total. The first-order valence-corrected chi connectivity index (χ1v) is 10.4. The SMILES string of the molecule is CCOc1cccc(NC2=C(c3cccs3)C(=O)N(c3ccc(F)c(Cl)c3)C2=O)c1. The van der Waals surface area contributed by atoms with Crippen LogP contribution in [0, 0.1) is 5.82 Å². The summed E-state index contributed by atoms with van der Waals surface area (Å²) in [6, 6.07) is 14.4. The number of halogens is 2. The molecule has 0 spiro atoms. The van der Waals surface area contributed by atoms with Crippen LogP contribution in [0.2, 0.25) is 5.02 Å². The first-order chi connectivity index (χ1) is 14.5. The number of amides is 2. The van der Waals surface area contributed by atoms with E-state index < -0.39 is 17.6 Å². The molecule has 0 unspecified atom stereocenters. The summed E-state index contributed by atoms with van der Waals surface area (Å²) in [4.78, 5) is 28.1. The average Bonchev–Trinajstić information content (AvgIpc) is 3.32. The van der Waals surface area contributed by atoms with Crippen LogP contribution in [0.1, 0.15) is 11.8 Å². The Morgan fingerprint density at radius 3 is 2.63 bits per heavy atom. The van der Waals surface area contributed by atoms with E-state index in [4.69, 9.17) is 16.3 Å². The molecule has 1 N–H and O–H groups in total. The molecule has 0 fully saturated rings. The van der Waals surface area contributed by atoms with Crippen molar-refractivity contribution in [3.63, 3.8) is 0 Å². The van der Waals surface area contributed by atoms with Gasteiger partial charge in [-0.3, -0.25) is 9.59 Å². The largest absolute Gasteiger partial charge is 0.494 e. The van der Waals surface area contributed by atoms with Gasteiger partial charge in [-0.25, -0.2) is 9.29 Å². The average molecular weight is 443 g/mol. The minimum absolute atomic E-state index is 0.136. The normalized spacial score (nSPS) is 13.9. The highest BCUT2D eigenvalue weighted by Crippen LogP contribution is 2.36. The van der Waals surface area contributed by atoms with Crippen LogP contribution >= 0.6 is 22.9 Å². The number of anilines is 2. The summed E-state index contributed by atoms with van der Waals surface area (Å²) in [7, 11) is 0. The Bertz CT molecular complexity index is 1160. The van der Waals surface area contributed by atoms with Crippen LogP contribution in [0.4, 0.5) is 15.8 Å². The van der Waals surface area contributed by atoms with Crippen LogP contribution in [0.25, 0.3) is 5.57 Å². The molecular formula is C22H16ClFN2O3S. The lowest BCUT2D eigenvalue weighted by Gasteiger charge is -2.16. The van der Waals surface area contributed by atoms with Gasteiger partial charge in [0.05, 0.1) is 22.9 Å². The molecule has 2 heterocycles. The molecule has 3 aromatic rings. The predicted molar refractivity (Wildman–Crippen MR) is 116 cm³/mol. The smallest absolute Gasteiger partial charge is 0.282 e. The summed E-state index contributed by atoms with van der Waals surface area (Å²) in [5.74, 6) is -1.04. The summed E-state index contributed by atoms with van der Waals surface area (Å²) < 4.78 is 19.1. The van der Waals surface area contributed by atoms with Crippen molar-refractivity contribution in [2.24, 2.45) is 0 Å². The van der Waals surface area contributed by atoms with Gasteiger partial charge in [0.1, 0.15) is 17.3 Å². The van der Waals surface area contributed by atoms with Crippen molar-refractivity contribution in [1.82, 2.24) is 0 Å². The minimum atomic E-state index is -0.628. The molecule has 152 valence electrons. The number of hydrogen-bond acceptors (Lipinski definition) is 5. The molecule has 0 atom stereocenters. The highest BCUT2D eigenvalue weighted by Gasteiger charge is 2.40. The van der Waals surface area contributed by atoms with Crippen LogP contribution in [0.15, 0.2) is 65.7 Å². The second kappa shape index (κ2) is 8.30. The maximum absolute atomic E-state index is 13.6. The van der Waals surface area contributed by atoms with E-state index in [1.807, 2.05) is 12.3 Å². The van der Waals surface area contributed by atoms with Crippen LogP contribution in [0.3, 0.4) is 0 Å². The van der Waals surface area contributed by atoms with Gasteiger partial charge < -0.3 is 10.1 Å². The maximum Gasteiger partial charge on any atom is 0.282 e. The van der Waals surface area contributed by atoms with Crippen molar-refractivity contribution < 1.29 is 18.7 Å². The van der Waals surface area contributed by atoms with Gasteiger partial charge in [-0.2, -0.15) is 0 Å². The highest BCUT2D eigenvalue weighted by atomic mass is 35.5. The highest BCUT2D eigenvalue weighted by molar-refractivity contribution is 7.11. The summed E-state index contributed by atoms with van der Waals surface area (Å²) in [6.45, 7) is 2.38. The van der Waals surface area contributed by atoms with Crippen molar-refractivity contribution in [2.75, 3.05) is 16.8 Å². The molecule has 30 heavy (non-hydrogen) atoms. The van der Waals surface area contributed by atoms with Crippen LogP contribution in [-0.4, -0.2) is 18.4 Å². The molecule has 0 bridgehead atoms. The zero-order valence-electron chi connectivity index (χ0n) is 15.8. The van der Waals surface area contributed by atoms with Gasteiger partial charge in [0.15, 0.2) is 0 Å². The summed E-state index contributed by atoms with van der Waals surface area (Å²) in [6.07, 6.45) is 0. The molecule has 2 amide bonds. The molecule has 0 saturated heterocycles. The Hall–Kier alpha value is -3.16. The Balaban J connectivity index is 1.76. The number of nitrogens with one attached hydrogen (secondary N) is 1. The Morgan fingerprint density at radius 2 is 1.93 bits per heavy atom.